The molecule has 0 saturated carbocycles. The van der Waals surface area contributed by atoms with Crippen LogP contribution >= 0.6 is 12.4 Å². The molecule has 1 aliphatic rings. The summed E-state index contributed by atoms with van der Waals surface area (Å²) in [5.74, 6) is -2.13. The van der Waals surface area contributed by atoms with Crippen molar-refractivity contribution in [1.29, 1.82) is 0 Å². The molecular formula is C17H20ClF2N3O2S. The summed E-state index contributed by atoms with van der Waals surface area (Å²) in [4.78, 5) is 1.21. The fourth-order valence-corrected chi connectivity index (χ4v) is 4.47. The van der Waals surface area contributed by atoms with Crippen molar-refractivity contribution in [3.05, 3.63) is 59.7 Å². The van der Waals surface area contributed by atoms with E-state index in [0.29, 0.717) is 25.3 Å². The zero-order chi connectivity index (χ0) is 18.0. The van der Waals surface area contributed by atoms with Crippen LogP contribution in [0.15, 0.2) is 47.4 Å². The van der Waals surface area contributed by atoms with E-state index in [2.05, 4.69) is 4.90 Å². The van der Waals surface area contributed by atoms with Gasteiger partial charge in [-0.25, -0.2) is 17.2 Å². The lowest BCUT2D eigenvalue weighted by Gasteiger charge is -2.34. The molecule has 1 saturated heterocycles. The average molecular weight is 404 g/mol. The van der Waals surface area contributed by atoms with E-state index in [1.165, 1.54) is 0 Å². The Hall–Kier alpha value is -1.74. The highest BCUT2D eigenvalue weighted by atomic mass is 35.5. The van der Waals surface area contributed by atoms with Gasteiger partial charge in [0.15, 0.2) is 4.90 Å². The molecule has 2 aromatic carbocycles. The molecule has 26 heavy (non-hydrogen) atoms. The molecule has 0 aromatic heterocycles. The second-order valence-electron chi connectivity index (χ2n) is 5.98. The number of nitrogens with zero attached hydrogens (tertiary/aromatic N) is 2. The Balaban J connectivity index is 0.00000243. The normalized spacial score (nSPS) is 16.2. The molecular weight excluding hydrogens is 384 g/mol. The summed E-state index contributed by atoms with van der Waals surface area (Å²) >= 11 is 0. The fourth-order valence-electron chi connectivity index (χ4n) is 2.94. The second-order valence-corrected chi connectivity index (χ2v) is 7.85. The van der Waals surface area contributed by atoms with Crippen molar-refractivity contribution in [2.45, 2.75) is 11.4 Å². The minimum Gasteiger partial charge on any atom is -0.399 e. The molecule has 2 N–H and O–H groups in total. The number of hydrogen-bond donors (Lipinski definition) is 1. The maximum Gasteiger partial charge on any atom is 0.249 e. The van der Waals surface area contributed by atoms with E-state index >= 15 is 0 Å². The van der Waals surface area contributed by atoms with Crippen molar-refractivity contribution in [3.8, 4) is 0 Å². The second kappa shape index (κ2) is 8.30. The SMILES string of the molecule is Cl.Nc1cccc(CN2CCN(S(=O)(=O)c3c(F)cccc3F)CC2)c1. The molecule has 0 unspecified atom stereocenters. The average Bonchev–Trinajstić information content (AvgIpc) is 2.55. The number of benzene rings is 2. The van der Waals surface area contributed by atoms with Crippen LogP contribution in [0.5, 0.6) is 0 Å². The molecule has 0 aliphatic carbocycles. The quantitative estimate of drug-likeness (QED) is 0.796. The van der Waals surface area contributed by atoms with Gasteiger partial charge >= 0.3 is 0 Å². The smallest absolute Gasteiger partial charge is 0.249 e. The standard InChI is InChI=1S/C17H19F2N3O2S.ClH/c18-15-5-2-6-16(19)17(15)25(23,24)22-9-7-21(8-10-22)12-13-3-1-4-14(20)11-13;/h1-6,11H,7-10,12,20H2;1H. The number of nitrogen functional groups attached to an aromatic ring is 1. The van der Waals surface area contributed by atoms with Crippen LogP contribution in [-0.4, -0.2) is 43.8 Å². The van der Waals surface area contributed by atoms with Gasteiger partial charge in [-0.3, -0.25) is 4.90 Å². The number of hydrogen-bond acceptors (Lipinski definition) is 4. The van der Waals surface area contributed by atoms with Gasteiger partial charge in [0.05, 0.1) is 0 Å². The Morgan fingerprint density at radius 3 is 2.12 bits per heavy atom. The number of piperazine rings is 1. The molecule has 0 bridgehead atoms. The van der Waals surface area contributed by atoms with E-state index in [4.69, 9.17) is 5.73 Å². The maximum atomic E-state index is 13.8. The molecule has 0 amide bonds. The van der Waals surface area contributed by atoms with E-state index in [1.54, 1.807) is 6.07 Å². The number of anilines is 1. The zero-order valence-electron chi connectivity index (χ0n) is 13.9. The van der Waals surface area contributed by atoms with Crippen LogP contribution in [0, 0.1) is 11.6 Å². The minimum atomic E-state index is -4.19. The van der Waals surface area contributed by atoms with Crippen LogP contribution in [0.25, 0.3) is 0 Å². The van der Waals surface area contributed by atoms with E-state index in [-0.39, 0.29) is 25.5 Å². The molecule has 2 aromatic rings. The van der Waals surface area contributed by atoms with Crippen LogP contribution in [0.4, 0.5) is 14.5 Å². The van der Waals surface area contributed by atoms with E-state index in [9.17, 15) is 17.2 Å². The Kier molecular flexibility index (Phi) is 6.57. The van der Waals surface area contributed by atoms with Crippen molar-refractivity contribution < 1.29 is 17.2 Å². The summed E-state index contributed by atoms with van der Waals surface area (Å²) in [6.07, 6.45) is 0. The first-order chi connectivity index (χ1) is 11.9. The van der Waals surface area contributed by atoms with E-state index < -0.39 is 26.6 Å². The van der Waals surface area contributed by atoms with Gasteiger partial charge in [-0.1, -0.05) is 18.2 Å². The van der Waals surface area contributed by atoms with Gasteiger partial charge in [-0.05, 0) is 29.8 Å². The van der Waals surface area contributed by atoms with Crippen LogP contribution < -0.4 is 5.73 Å². The Morgan fingerprint density at radius 2 is 1.54 bits per heavy atom. The Bertz CT molecular complexity index is 852. The van der Waals surface area contributed by atoms with Crippen LogP contribution in [0.2, 0.25) is 0 Å². The Labute approximate surface area is 157 Å². The predicted octanol–water partition coefficient (Wildman–Crippen LogP) is 2.48. The summed E-state index contributed by atoms with van der Waals surface area (Å²) in [7, 11) is -4.19. The molecule has 3 rings (SSSR count). The summed E-state index contributed by atoms with van der Waals surface area (Å²) in [5.41, 5.74) is 7.47. The molecule has 0 radical (unpaired) electrons. The third-order valence-corrected chi connectivity index (χ3v) is 6.16. The van der Waals surface area contributed by atoms with Crippen LogP contribution in [0.1, 0.15) is 5.56 Å². The lowest BCUT2D eigenvalue weighted by Crippen LogP contribution is -2.48. The maximum absolute atomic E-state index is 13.8. The fraction of sp³-hybridized carbons (Fsp3) is 0.294. The van der Waals surface area contributed by atoms with Crippen molar-refractivity contribution >= 4 is 28.1 Å². The summed E-state index contributed by atoms with van der Waals surface area (Å²) < 4.78 is 53.9. The van der Waals surface area contributed by atoms with Crippen molar-refractivity contribution in [1.82, 2.24) is 9.21 Å². The number of sulfonamides is 1. The number of halogens is 3. The molecule has 1 heterocycles. The third-order valence-electron chi connectivity index (χ3n) is 4.21. The van der Waals surface area contributed by atoms with Gasteiger partial charge in [0, 0.05) is 38.4 Å². The molecule has 5 nitrogen and oxygen atoms in total. The highest BCUT2D eigenvalue weighted by molar-refractivity contribution is 7.89. The molecule has 0 atom stereocenters. The summed E-state index contributed by atoms with van der Waals surface area (Å²) in [6, 6.07) is 10.5. The van der Waals surface area contributed by atoms with Gasteiger partial charge in [0.1, 0.15) is 11.6 Å². The molecule has 1 aliphatic heterocycles. The monoisotopic (exact) mass is 403 g/mol. The van der Waals surface area contributed by atoms with Gasteiger partial charge in [-0.2, -0.15) is 4.31 Å². The van der Waals surface area contributed by atoms with E-state index in [1.807, 2.05) is 18.2 Å². The molecule has 142 valence electrons. The van der Waals surface area contributed by atoms with Crippen molar-refractivity contribution in [2.24, 2.45) is 0 Å². The predicted molar refractivity (Wildman–Crippen MR) is 98.5 cm³/mol. The largest absolute Gasteiger partial charge is 0.399 e. The topological polar surface area (TPSA) is 66.6 Å². The van der Waals surface area contributed by atoms with Gasteiger partial charge in [-0.15, -0.1) is 12.4 Å². The first kappa shape index (κ1) is 20.6. The first-order valence-electron chi connectivity index (χ1n) is 7.89. The van der Waals surface area contributed by atoms with Crippen LogP contribution in [-0.2, 0) is 16.6 Å². The highest BCUT2D eigenvalue weighted by Crippen LogP contribution is 2.24. The first-order valence-corrected chi connectivity index (χ1v) is 9.33. The van der Waals surface area contributed by atoms with Gasteiger partial charge < -0.3 is 5.73 Å². The highest BCUT2D eigenvalue weighted by Gasteiger charge is 2.33. The number of rotatable bonds is 4. The lowest BCUT2D eigenvalue weighted by molar-refractivity contribution is 0.181. The lowest BCUT2D eigenvalue weighted by atomic mass is 10.2. The van der Waals surface area contributed by atoms with Crippen molar-refractivity contribution in [3.63, 3.8) is 0 Å². The minimum absolute atomic E-state index is 0. The van der Waals surface area contributed by atoms with Gasteiger partial charge in [0.25, 0.3) is 0 Å². The molecule has 9 heteroatoms. The summed E-state index contributed by atoms with van der Waals surface area (Å²) in [6.45, 7) is 1.96. The molecule has 0 spiro atoms. The summed E-state index contributed by atoms with van der Waals surface area (Å²) in [5, 5.41) is 0. The van der Waals surface area contributed by atoms with Crippen molar-refractivity contribution in [2.75, 3.05) is 31.9 Å². The molecule has 1 fully saturated rings. The zero-order valence-corrected chi connectivity index (χ0v) is 15.6. The van der Waals surface area contributed by atoms with E-state index in [0.717, 1.165) is 28.1 Å². The Morgan fingerprint density at radius 1 is 0.962 bits per heavy atom. The number of nitrogens with two attached hydrogens (primary N) is 1. The van der Waals surface area contributed by atoms with Crippen LogP contribution in [0.3, 0.4) is 0 Å². The third kappa shape index (κ3) is 4.32. The van der Waals surface area contributed by atoms with Gasteiger partial charge in [0.2, 0.25) is 10.0 Å².